The Balaban J connectivity index is 1.88. The van der Waals surface area contributed by atoms with Gasteiger partial charge in [0, 0.05) is 24.1 Å². The summed E-state index contributed by atoms with van der Waals surface area (Å²) in [5.41, 5.74) is 1.05. The number of amides is 1. The second-order valence-corrected chi connectivity index (χ2v) is 6.45. The first kappa shape index (κ1) is 12.9. The second kappa shape index (κ2) is 4.33. The molecule has 21 heavy (non-hydrogen) atoms. The van der Waals surface area contributed by atoms with Gasteiger partial charge in [0.1, 0.15) is 0 Å². The lowest BCUT2D eigenvalue weighted by Gasteiger charge is -2.63. The van der Waals surface area contributed by atoms with E-state index in [2.05, 4.69) is 5.32 Å². The molecule has 1 aromatic carbocycles. The molecule has 2 aliphatic carbocycles. The molecule has 0 spiro atoms. The molecule has 0 aromatic heterocycles. The first-order chi connectivity index (χ1) is 10.1. The molecule has 1 heterocycles. The summed E-state index contributed by atoms with van der Waals surface area (Å²) in [6, 6.07) is 7.74. The molecule has 0 bridgehead atoms. The first-order valence-corrected chi connectivity index (χ1v) is 7.74. The van der Waals surface area contributed by atoms with Crippen LogP contribution < -0.4 is 5.32 Å². The molecule has 1 amide bonds. The summed E-state index contributed by atoms with van der Waals surface area (Å²) in [6.45, 7) is 1.44. The number of ether oxygens (including phenoxy) is 1. The Bertz CT molecular complexity index is 626. The molecule has 0 saturated heterocycles. The summed E-state index contributed by atoms with van der Waals surface area (Å²) in [5, 5.41) is 2.99. The van der Waals surface area contributed by atoms with Crippen molar-refractivity contribution >= 4 is 17.6 Å². The van der Waals surface area contributed by atoms with Crippen LogP contribution in [0.3, 0.4) is 0 Å². The molecule has 4 heteroatoms. The third-order valence-corrected chi connectivity index (χ3v) is 5.46. The van der Waals surface area contributed by atoms with E-state index in [1.54, 1.807) is 0 Å². The molecule has 4 atom stereocenters. The van der Waals surface area contributed by atoms with Crippen LogP contribution in [-0.2, 0) is 19.9 Å². The summed E-state index contributed by atoms with van der Waals surface area (Å²) in [4.78, 5) is 24.3. The van der Waals surface area contributed by atoms with Crippen molar-refractivity contribution in [3.8, 4) is 0 Å². The van der Waals surface area contributed by atoms with Crippen LogP contribution in [0.5, 0.6) is 0 Å². The van der Waals surface area contributed by atoms with Gasteiger partial charge in [-0.05, 0) is 24.8 Å². The van der Waals surface area contributed by atoms with Crippen LogP contribution >= 0.6 is 0 Å². The van der Waals surface area contributed by atoms with Gasteiger partial charge in [0.15, 0.2) is 5.60 Å². The number of nitrogens with one attached hydrogen (secondary N) is 1. The number of rotatable bonds is 1. The van der Waals surface area contributed by atoms with Gasteiger partial charge in [0.2, 0.25) is 5.91 Å². The lowest BCUT2D eigenvalue weighted by atomic mass is 9.45. The quantitative estimate of drug-likeness (QED) is 0.807. The molecule has 110 valence electrons. The number of hydrogen-bond acceptors (Lipinski definition) is 3. The Morgan fingerprint density at radius 3 is 2.86 bits per heavy atom. The Hall–Kier alpha value is -1.84. The normalized spacial score (nSPS) is 36.4. The summed E-state index contributed by atoms with van der Waals surface area (Å²) < 4.78 is 5.84. The van der Waals surface area contributed by atoms with Crippen molar-refractivity contribution in [2.45, 2.75) is 38.2 Å². The van der Waals surface area contributed by atoms with E-state index < -0.39 is 5.60 Å². The van der Waals surface area contributed by atoms with E-state index in [9.17, 15) is 9.59 Å². The van der Waals surface area contributed by atoms with Gasteiger partial charge >= 0.3 is 5.97 Å². The molecular weight excluding hydrogens is 266 g/mol. The van der Waals surface area contributed by atoms with Crippen molar-refractivity contribution in [3.63, 3.8) is 0 Å². The van der Waals surface area contributed by atoms with Gasteiger partial charge in [0.25, 0.3) is 0 Å². The van der Waals surface area contributed by atoms with Crippen molar-refractivity contribution in [1.82, 2.24) is 0 Å². The molecular formula is C17H19NO3. The van der Waals surface area contributed by atoms with Crippen molar-refractivity contribution in [3.05, 3.63) is 29.8 Å². The van der Waals surface area contributed by atoms with E-state index in [4.69, 9.17) is 4.74 Å². The first-order valence-electron chi connectivity index (χ1n) is 7.74. The summed E-state index contributed by atoms with van der Waals surface area (Å²) >= 11 is 0. The van der Waals surface area contributed by atoms with Crippen molar-refractivity contribution in [2.24, 2.45) is 17.8 Å². The zero-order valence-corrected chi connectivity index (χ0v) is 12.1. The summed E-state index contributed by atoms with van der Waals surface area (Å²) in [5.74, 6) is 0.132. The molecule has 2 fully saturated rings. The highest BCUT2D eigenvalue weighted by Gasteiger charge is 2.70. The van der Waals surface area contributed by atoms with E-state index in [0.29, 0.717) is 5.92 Å². The molecule has 0 unspecified atom stereocenters. The minimum Gasteiger partial charge on any atom is -0.453 e. The topological polar surface area (TPSA) is 55.4 Å². The average Bonchev–Trinajstić information content (AvgIpc) is 2.45. The Kier molecular flexibility index (Phi) is 2.65. The smallest absolute Gasteiger partial charge is 0.303 e. The number of carbonyl (C=O) groups is 2. The summed E-state index contributed by atoms with van der Waals surface area (Å²) in [6.07, 6.45) is 4.42. The van der Waals surface area contributed by atoms with Gasteiger partial charge in [-0.25, -0.2) is 0 Å². The number of fused-ring (bicyclic) bond motifs is 6. The van der Waals surface area contributed by atoms with Crippen LogP contribution in [0.2, 0.25) is 0 Å². The molecule has 0 radical (unpaired) electrons. The standard InChI is InChI=1S/C17H19NO3/c1-10(19)21-17-12-7-3-2-6-11(12)15(17)16(20)18-14-9-5-4-8-13(14)17/h4-5,8-9,11-12,15H,2-3,6-7H2,1H3,(H,18,20)/t11-,12+,15+,17+/m0/s1. The van der Waals surface area contributed by atoms with Crippen molar-refractivity contribution in [1.29, 1.82) is 0 Å². The predicted octanol–water partition coefficient (Wildman–Crippen LogP) is 2.83. The Labute approximate surface area is 123 Å². The van der Waals surface area contributed by atoms with Gasteiger partial charge in [-0.3, -0.25) is 9.59 Å². The van der Waals surface area contributed by atoms with Crippen molar-refractivity contribution < 1.29 is 14.3 Å². The molecule has 1 N–H and O–H groups in total. The SMILES string of the molecule is CC(=O)O[C@]12c3ccccc3NC(=O)[C@H]1[C@H]1CCCC[C@H]12. The fourth-order valence-electron chi connectivity index (χ4n) is 4.85. The Morgan fingerprint density at radius 2 is 2.05 bits per heavy atom. The fourth-order valence-corrected chi connectivity index (χ4v) is 4.85. The lowest BCUT2D eigenvalue weighted by Crippen LogP contribution is -2.68. The van der Waals surface area contributed by atoms with Crippen LogP contribution in [0.4, 0.5) is 5.69 Å². The highest BCUT2D eigenvalue weighted by Crippen LogP contribution is 2.65. The minimum atomic E-state index is -0.726. The number of para-hydroxylation sites is 1. The predicted molar refractivity (Wildman–Crippen MR) is 77.5 cm³/mol. The monoisotopic (exact) mass is 285 g/mol. The molecule has 4 rings (SSSR count). The van der Waals surface area contributed by atoms with Gasteiger partial charge in [0.05, 0.1) is 5.92 Å². The van der Waals surface area contributed by atoms with Gasteiger partial charge in [-0.2, -0.15) is 0 Å². The molecule has 2 saturated carbocycles. The highest BCUT2D eigenvalue weighted by molar-refractivity contribution is 5.99. The number of anilines is 1. The maximum atomic E-state index is 12.6. The highest BCUT2D eigenvalue weighted by atomic mass is 16.6. The maximum absolute atomic E-state index is 12.6. The Morgan fingerprint density at radius 1 is 1.29 bits per heavy atom. The molecule has 1 aliphatic heterocycles. The van der Waals surface area contributed by atoms with E-state index in [1.807, 2.05) is 24.3 Å². The fraction of sp³-hybridized carbons (Fsp3) is 0.529. The summed E-state index contributed by atoms with van der Waals surface area (Å²) in [7, 11) is 0. The number of hydrogen-bond donors (Lipinski definition) is 1. The van der Waals surface area contributed by atoms with Crippen LogP contribution in [0.25, 0.3) is 0 Å². The third kappa shape index (κ3) is 1.56. The zero-order valence-electron chi connectivity index (χ0n) is 12.1. The largest absolute Gasteiger partial charge is 0.453 e. The molecule has 3 aliphatic rings. The maximum Gasteiger partial charge on any atom is 0.303 e. The molecule has 4 nitrogen and oxygen atoms in total. The second-order valence-electron chi connectivity index (χ2n) is 6.45. The number of benzene rings is 1. The van der Waals surface area contributed by atoms with Crippen LogP contribution in [0.1, 0.15) is 38.2 Å². The zero-order chi connectivity index (χ0) is 14.6. The van der Waals surface area contributed by atoms with Gasteiger partial charge in [-0.15, -0.1) is 0 Å². The van der Waals surface area contributed by atoms with Crippen LogP contribution in [0.15, 0.2) is 24.3 Å². The lowest BCUT2D eigenvalue weighted by molar-refractivity contribution is -0.237. The van der Waals surface area contributed by atoms with E-state index in [0.717, 1.165) is 30.5 Å². The van der Waals surface area contributed by atoms with Crippen molar-refractivity contribution in [2.75, 3.05) is 5.32 Å². The van der Waals surface area contributed by atoms with Crippen LogP contribution in [0, 0.1) is 17.8 Å². The van der Waals surface area contributed by atoms with Crippen LogP contribution in [-0.4, -0.2) is 11.9 Å². The molecule has 1 aromatic rings. The van der Waals surface area contributed by atoms with Gasteiger partial charge in [-0.1, -0.05) is 31.0 Å². The number of esters is 1. The minimum absolute atomic E-state index is 0.0121. The van der Waals surface area contributed by atoms with Gasteiger partial charge < -0.3 is 10.1 Å². The van der Waals surface area contributed by atoms with E-state index in [-0.39, 0.29) is 23.7 Å². The average molecular weight is 285 g/mol. The third-order valence-electron chi connectivity index (χ3n) is 5.46. The number of carbonyl (C=O) groups excluding carboxylic acids is 2. The van der Waals surface area contributed by atoms with E-state index >= 15 is 0 Å². The van der Waals surface area contributed by atoms with E-state index in [1.165, 1.54) is 13.3 Å².